The number of anilines is 1. The molecule has 4 nitrogen and oxygen atoms in total. The minimum Gasteiger partial charge on any atom is -0.436 e. The number of nitrogens with zero attached hydrogens (tertiary/aromatic N) is 1. The third kappa shape index (κ3) is 2.99. The number of hydrogen-bond acceptors (Lipinski definition) is 4. The van der Waals surface area contributed by atoms with Crippen LogP contribution in [0, 0.1) is 18.6 Å². The van der Waals surface area contributed by atoms with Crippen LogP contribution in [0.15, 0.2) is 28.7 Å². The predicted octanol–water partition coefficient (Wildman–Crippen LogP) is 3.51. The van der Waals surface area contributed by atoms with Crippen LogP contribution in [0.2, 0.25) is 0 Å². The average molecular weight is 330 g/mol. The van der Waals surface area contributed by atoms with E-state index in [0.717, 1.165) is 10.0 Å². The van der Waals surface area contributed by atoms with E-state index in [1.807, 2.05) is 5.43 Å². The monoisotopic (exact) mass is 329 g/mol. The Hall–Kier alpha value is -1.73. The molecule has 0 atom stereocenters. The van der Waals surface area contributed by atoms with Crippen molar-refractivity contribution in [2.75, 3.05) is 5.43 Å². The number of pyridine rings is 1. The summed E-state index contributed by atoms with van der Waals surface area (Å²) in [6.45, 7) is 1.80. The molecule has 1 aromatic carbocycles. The molecule has 1 heterocycles. The van der Waals surface area contributed by atoms with Crippen molar-refractivity contribution in [3.8, 4) is 11.6 Å². The zero-order valence-electron chi connectivity index (χ0n) is 9.88. The van der Waals surface area contributed by atoms with Gasteiger partial charge < -0.3 is 10.2 Å². The summed E-state index contributed by atoms with van der Waals surface area (Å²) in [4.78, 5) is 3.63. The van der Waals surface area contributed by atoms with Gasteiger partial charge in [0.25, 0.3) is 5.88 Å². The highest BCUT2D eigenvalue weighted by Gasteiger charge is 2.14. The first kappa shape index (κ1) is 13.7. The molecule has 3 N–H and O–H groups in total. The maximum absolute atomic E-state index is 13.6. The highest BCUT2D eigenvalue weighted by molar-refractivity contribution is 9.10. The van der Waals surface area contributed by atoms with Crippen molar-refractivity contribution >= 4 is 21.7 Å². The van der Waals surface area contributed by atoms with Gasteiger partial charge in [-0.2, -0.15) is 4.98 Å². The van der Waals surface area contributed by atoms with Crippen LogP contribution in [-0.4, -0.2) is 4.98 Å². The van der Waals surface area contributed by atoms with E-state index in [0.29, 0.717) is 11.8 Å². The smallest absolute Gasteiger partial charge is 0.258 e. The van der Waals surface area contributed by atoms with E-state index < -0.39 is 11.6 Å². The molecule has 19 heavy (non-hydrogen) atoms. The van der Waals surface area contributed by atoms with E-state index >= 15 is 0 Å². The van der Waals surface area contributed by atoms with Crippen LogP contribution in [-0.2, 0) is 0 Å². The van der Waals surface area contributed by atoms with E-state index in [-0.39, 0.29) is 11.7 Å². The average Bonchev–Trinajstić information content (AvgIpc) is 2.35. The molecule has 0 aliphatic heterocycles. The fraction of sp³-hybridized carbons (Fsp3) is 0.0833. The number of rotatable bonds is 3. The first-order valence-corrected chi connectivity index (χ1v) is 6.07. The second-order valence-electron chi connectivity index (χ2n) is 3.76. The van der Waals surface area contributed by atoms with E-state index in [4.69, 9.17) is 10.6 Å². The molecule has 2 aromatic rings. The molecule has 2 rings (SSSR count). The molecule has 0 amide bonds. The Morgan fingerprint density at radius 3 is 2.63 bits per heavy atom. The molecule has 0 aliphatic rings. The van der Waals surface area contributed by atoms with Crippen LogP contribution in [0.4, 0.5) is 14.6 Å². The van der Waals surface area contributed by atoms with Crippen molar-refractivity contribution in [3.05, 3.63) is 45.9 Å². The Bertz CT molecular complexity index is 622. The molecule has 0 saturated carbocycles. The zero-order chi connectivity index (χ0) is 14.0. The number of hydrazine groups is 1. The van der Waals surface area contributed by atoms with E-state index in [1.165, 1.54) is 0 Å². The summed E-state index contributed by atoms with van der Waals surface area (Å²) in [5.41, 5.74) is 2.81. The van der Waals surface area contributed by atoms with E-state index in [2.05, 4.69) is 20.9 Å². The number of halogens is 3. The molecule has 0 saturated heterocycles. The van der Waals surface area contributed by atoms with Gasteiger partial charge in [0.2, 0.25) is 0 Å². The lowest BCUT2D eigenvalue weighted by Crippen LogP contribution is -2.11. The molecular formula is C12H10BrF2N3O. The van der Waals surface area contributed by atoms with Crippen LogP contribution in [0.5, 0.6) is 11.6 Å². The topological polar surface area (TPSA) is 60.2 Å². The maximum Gasteiger partial charge on any atom is 0.258 e. The van der Waals surface area contributed by atoms with Gasteiger partial charge in [0, 0.05) is 10.5 Å². The third-order valence-electron chi connectivity index (χ3n) is 2.38. The number of nitrogens with two attached hydrogens (primary N) is 1. The molecule has 0 radical (unpaired) electrons. The van der Waals surface area contributed by atoms with Crippen LogP contribution in [0.3, 0.4) is 0 Å². The van der Waals surface area contributed by atoms with Gasteiger partial charge in [-0.3, -0.25) is 0 Å². The van der Waals surface area contributed by atoms with Crippen molar-refractivity contribution < 1.29 is 13.5 Å². The Morgan fingerprint density at radius 1 is 1.26 bits per heavy atom. The molecule has 1 aromatic heterocycles. The highest BCUT2D eigenvalue weighted by atomic mass is 79.9. The van der Waals surface area contributed by atoms with Crippen LogP contribution < -0.4 is 16.0 Å². The number of hydrogen-bond donors (Lipinski definition) is 2. The summed E-state index contributed by atoms with van der Waals surface area (Å²) in [7, 11) is 0. The van der Waals surface area contributed by atoms with Gasteiger partial charge in [-0.1, -0.05) is 15.9 Å². The first-order valence-electron chi connectivity index (χ1n) is 5.28. The SMILES string of the molecule is Cc1cc(Br)ccc1Oc1nc(NN)c(F)cc1F. The van der Waals surface area contributed by atoms with Crippen molar-refractivity contribution in [1.29, 1.82) is 0 Å². The standard InChI is InChI=1S/C12H10BrF2N3O/c1-6-4-7(13)2-3-10(6)19-12-9(15)5-8(14)11(17-12)18-16/h2-5H,16H2,1H3,(H,17,18). The zero-order valence-corrected chi connectivity index (χ0v) is 11.5. The van der Waals surface area contributed by atoms with Gasteiger partial charge in [0.15, 0.2) is 17.5 Å². The summed E-state index contributed by atoms with van der Waals surface area (Å²) < 4.78 is 32.9. The molecular weight excluding hydrogens is 320 g/mol. The second-order valence-corrected chi connectivity index (χ2v) is 4.68. The minimum atomic E-state index is -0.904. The molecule has 7 heteroatoms. The molecule has 0 spiro atoms. The van der Waals surface area contributed by atoms with Crippen LogP contribution in [0.25, 0.3) is 0 Å². The van der Waals surface area contributed by atoms with Gasteiger partial charge in [-0.25, -0.2) is 14.6 Å². The van der Waals surface area contributed by atoms with Gasteiger partial charge in [0.05, 0.1) is 0 Å². The summed E-state index contributed by atoms with van der Waals surface area (Å²) in [6.07, 6.45) is 0. The van der Waals surface area contributed by atoms with Crippen molar-refractivity contribution in [2.45, 2.75) is 6.92 Å². The molecule has 0 unspecified atom stereocenters. The maximum atomic E-state index is 13.6. The first-order chi connectivity index (χ1) is 9.01. The fourth-order valence-corrected chi connectivity index (χ4v) is 1.93. The molecule has 0 aliphatic carbocycles. The Balaban J connectivity index is 2.37. The van der Waals surface area contributed by atoms with Crippen LogP contribution in [0.1, 0.15) is 5.56 Å². The summed E-state index contributed by atoms with van der Waals surface area (Å²) in [5.74, 6) is 3.07. The number of nitrogen functional groups attached to an aromatic ring is 1. The summed E-state index contributed by atoms with van der Waals surface area (Å²) in [5, 5.41) is 0. The molecule has 100 valence electrons. The lowest BCUT2D eigenvalue weighted by Gasteiger charge is -2.10. The van der Waals surface area contributed by atoms with Crippen molar-refractivity contribution in [2.24, 2.45) is 5.84 Å². The third-order valence-corrected chi connectivity index (χ3v) is 2.87. The Morgan fingerprint density at radius 2 is 2.00 bits per heavy atom. The number of ether oxygens (including phenoxy) is 1. The van der Waals surface area contributed by atoms with Crippen molar-refractivity contribution in [3.63, 3.8) is 0 Å². The van der Waals surface area contributed by atoms with Crippen LogP contribution >= 0.6 is 15.9 Å². The quantitative estimate of drug-likeness (QED) is 0.668. The second kappa shape index (κ2) is 5.50. The Labute approximate surface area is 116 Å². The van der Waals surface area contributed by atoms with Crippen molar-refractivity contribution in [1.82, 2.24) is 4.98 Å². The highest BCUT2D eigenvalue weighted by Crippen LogP contribution is 2.29. The molecule has 0 bridgehead atoms. The van der Waals surface area contributed by atoms with E-state index in [9.17, 15) is 8.78 Å². The molecule has 0 fully saturated rings. The van der Waals surface area contributed by atoms with Gasteiger partial charge in [-0.05, 0) is 30.7 Å². The number of aryl methyl sites for hydroxylation is 1. The minimum absolute atomic E-state index is 0.286. The predicted molar refractivity (Wildman–Crippen MR) is 70.9 cm³/mol. The largest absolute Gasteiger partial charge is 0.436 e. The normalized spacial score (nSPS) is 10.4. The Kier molecular flexibility index (Phi) is 3.96. The number of aromatic nitrogens is 1. The number of benzene rings is 1. The van der Waals surface area contributed by atoms with E-state index in [1.54, 1.807) is 25.1 Å². The van der Waals surface area contributed by atoms with Gasteiger partial charge in [-0.15, -0.1) is 0 Å². The lowest BCUT2D eigenvalue weighted by molar-refractivity contribution is 0.415. The number of nitrogens with one attached hydrogen (secondary N) is 1. The summed E-state index contributed by atoms with van der Waals surface area (Å²) in [6, 6.07) is 5.86. The van der Waals surface area contributed by atoms with Gasteiger partial charge in [0.1, 0.15) is 5.75 Å². The fourth-order valence-electron chi connectivity index (χ4n) is 1.45. The van der Waals surface area contributed by atoms with Gasteiger partial charge >= 0.3 is 0 Å². The lowest BCUT2D eigenvalue weighted by atomic mass is 10.2. The summed E-state index contributed by atoms with van der Waals surface area (Å²) >= 11 is 3.31.